The maximum absolute atomic E-state index is 13.3. The first-order valence-electron chi connectivity index (χ1n) is 4.88. The predicted octanol–water partition coefficient (Wildman–Crippen LogP) is 3.41. The third-order valence-electron chi connectivity index (χ3n) is 1.89. The van der Waals surface area contributed by atoms with Gasteiger partial charge in [0, 0.05) is 5.33 Å². The molecule has 0 heterocycles. The Labute approximate surface area is 102 Å². The van der Waals surface area contributed by atoms with Gasteiger partial charge in [-0.1, -0.05) is 34.1 Å². The van der Waals surface area contributed by atoms with Crippen LogP contribution in [0.5, 0.6) is 0 Å². The van der Waals surface area contributed by atoms with Gasteiger partial charge in [-0.2, -0.15) is 0 Å². The molecule has 0 amide bonds. The van der Waals surface area contributed by atoms with E-state index >= 15 is 0 Å². The molecule has 0 saturated heterocycles. The first-order chi connectivity index (χ1) is 7.69. The zero-order valence-corrected chi connectivity index (χ0v) is 10.5. The quantitative estimate of drug-likeness (QED) is 0.626. The number of carbonyl (C=O) groups is 1. The van der Waals surface area contributed by atoms with Gasteiger partial charge in [0.1, 0.15) is 5.82 Å². The average Bonchev–Trinajstić information content (AvgIpc) is 2.28. The van der Waals surface area contributed by atoms with E-state index in [2.05, 4.69) is 15.9 Å². The molecular weight excluding hydrogens is 275 g/mol. The van der Waals surface area contributed by atoms with Crippen molar-refractivity contribution in [2.45, 2.75) is 6.92 Å². The van der Waals surface area contributed by atoms with Crippen LogP contribution in [0, 0.1) is 5.82 Å². The lowest BCUT2D eigenvalue weighted by atomic mass is 10.1. The molecule has 0 atom stereocenters. The molecule has 1 aromatic rings. The highest BCUT2D eigenvalue weighted by molar-refractivity contribution is 9.09. The maximum atomic E-state index is 13.3. The predicted molar refractivity (Wildman–Crippen MR) is 65.2 cm³/mol. The van der Waals surface area contributed by atoms with Crippen molar-refractivity contribution in [1.29, 1.82) is 0 Å². The smallest absolute Gasteiger partial charge is 0.341 e. The molecule has 1 aromatic carbocycles. The van der Waals surface area contributed by atoms with Crippen molar-refractivity contribution < 1.29 is 13.9 Å². The van der Waals surface area contributed by atoms with Gasteiger partial charge in [0.05, 0.1) is 12.2 Å². The lowest BCUT2D eigenvalue weighted by molar-refractivity contribution is 0.0521. The number of ether oxygens (including phenoxy) is 1. The zero-order valence-electron chi connectivity index (χ0n) is 8.87. The summed E-state index contributed by atoms with van der Waals surface area (Å²) in [5.74, 6) is -1.19. The molecule has 0 N–H and O–H groups in total. The number of halogens is 2. The number of esters is 1. The first-order valence-corrected chi connectivity index (χ1v) is 6.00. The van der Waals surface area contributed by atoms with Crippen LogP contribution >= 0.6 is 15.9 Å². The van der Waals surface area contributed by atoms with Crippen molar-refractivity contribution in [3.05, 3.63) is 41.2 Å². The molecular formula is C12H12BrFO2. The van der Waals surface area contributed by atoms with Crippen LogP contribution in [0.3, 0.4) is 0 Å². The molecule has 4 heteroatoms. The van der Waals surface area contributed by atoms with Crippen LogP contribution in [0.1, 0.15) is 22.8 Å². The number of hydrogen-bond acceptors (Lipinski definition) is 2. The summed E-state index contributed by atoms with van der Waals surface area (Å²) >= 11 is 3.24. The average molecular weight is 287 g/mol. The number of hydrogen-bond donors (Lipinski definition) is 0. The lowest BCUT2D eigenvalue weighted by Crippen LogP contribution is -2.07. The molecule has 0 aliphatic rings. The summed E-state index contributed by atoms with van der Waals surface area (Å²) in [5, 5.41) is 0.707. The topological polar surface area (TPSA) is 26.3 Å². The van der Waals surface area contributed by atoms with Gasteiger partial charge < -0.3 is 4.74 Å². The molecule has 0 aliphatic carbocycles. The van der Waals surface area contributed by atoms with Crippen LogP contribution < -0.4 is 0 Å². The van der Waals surface area contributed by atoms with Gasteiger partial charge in [-0.25, -0.2) is 9.18 Å². The van der Waals surface area contributed by atoms with Crippen molar-refractivity contribution in [1.82, 2.24) is 0 Å². The zero-order chi connectivity index (χ0) is 12.0. The highest BCUT2D eigenvalue weighted by Gasteiger charge is 2.12. The summed E-state index contributed by atoms with van der Waals surface area (Å²) in [6, 6.07) is 4.35. The van der Waals surface area contributed by atoms with E-state index < -0.39 is 11.8 Å². The largest absolute Gasteiger partial charge is 0.462 e. The van der Waals surface area contributed by atoms with Crippen molar-refractivity contribution >= 4 is 28.0 Å². The molecule has 0 aromatic heterocycles. The second-order valence-corrected chi connectivity index (χ2v) is 3.66. The van der Waals surface area contributed by atoms with Crippen molar-refractivity contribution in [3.63, 3.8) is 0 Å². The fourth-order valence-corrected chi connectivity index (χ4v) is 1.38. The number of carbonyl (C=O) groups excluding carboxylic acids is 1. The van der Waals surface area contributed by atoms with E-state index in [9.17, 15) is 9.18 Å². The third kappa shape index (κ3) is 3.45. The lowest BCUT2D eigenvalue weighted by Gasteiger charge is -2.04. The highest BCUT2D eigenvalue weighted by atomic mass is 79.9. The Morgan fingerprint density at radius 1 is 1.56 bits per heavy atom. The van der Waals surface area contributed by atoms with E-state index in [0.717, 1.165) is 5.56 Å². The van der Waals surface area contributed by atoms with E-state index in [-0.39, 0.29) is 12.2 Å². The second-order valence-electron chi connectivity index (χ2n) is 3.02. The number of rotatable bonds is 4. The Balaban J connectivity index is 2.98. The number of benzene rings is 1. The third-order valence-corrected chi connectivity index (χ3v) is 2.26. The molecule has 0 saturated carbocycles. The van der Waals surface area contributed by atoms with Crippen molar-refractivity contribution in [2.24, 2.45) is 0 Å². The number of alkyl halides is 1. The molecule has 0 unspecified atom stereocenters. The molecule has 16 heavy (non-hydrogen) atoms. The van der Waals surface area contributed by atoms with Gasteiger partial charge in [0.25, 0.3) is 0 Å². The fraction of sp³-hybridized carbons (Fsp3) is 0.250. The van der Waals surface area contributed by atoms with Crippen molar-refractivity contribution in [3.8, 4) is 0 Å². The Bertz CT molecular complexity index is 402. The summed E-state index contributed by atoms with van der Waals surface area (Å²) in [6.45, 7) is 1.92. The summed E-state index contributed by atoms with van der Waals surface area (Å²) in [4.78, 5) is 11.4. The van der Waals surface area contributed by atoms with Gasteiger partial charge in [-0.05, 0) is 24.6 Å². The minimum atomic E-state index is -0.630. The normalized spacial score (nSPS) is 10.7. The second kappa shape index (κ2) is 6.43. The van der Waals surface area contributed by atoms with Crippen LogP contribution in [-0.2, 0) is 4.74 Å². The van der Waals surface area contributed by atoms with Gasteiger partial charge in [0.2, 0.25) is 0 Å². The van der Waals surface area contributed by atoms with E-state index in [1.165, 1.54) is 12.1 Å². The molecule has 0 spiro atoms. The van der Waals surface area contributed by atoms with E-state index in [1.54, 1.807) is 19.1 Å². The molecule has 0 bridgehead atoms. The first kappa shape index (κ1) is 12.9. The fourth-order valence-electron chi connectivity index (χ4n) is 1.19. The molecule has 0 fully saturated rings. The van der Waals surface area contributed by atoms with Gasteiger partial charge in [-0.15, -0.1) is 0 Å². The minimum Gasteiger partial charge on any atom is -0.462 e. The Kier molecular flexibility index (Phi) is 5.19. The summed E-state index contributed by atoms with van der Waals surface area (Å²) in [6.07, 6.45) is 3.67. The summed E-state index contributed by atoms with van der Waals surface area (Å²) in [7, 11) is 0. The van der Waals surface area contributed by atoms with Gasteiger partial charge in [-0.3, -0.25) is 0 Å². The standard InChI is InChI=1S/C12H12BrFO2/c1-2-16-12(15)10-8-9(4-3-7-13)5-6-11(10)14/h3-6,8H,2,7H2,1H3. The van der Waals surface area contributed by atoms with Crippen LogP contribution in [0.15, 0.2) is 24.3 Å². The SMILES string of the molecule is CCOC(=O)c1cc(C=CCBr)ccc1F. The van der Waals surface area contributed by atoms with Crippen molar-refractivity contribution in [2.75, 3.05) is 11.9 Å². The minimum absolute atomic E-state index is 0.0291. The summed E-state index contributed by atoms with van der Waals surface area (Å²) in [5.41, 5.74) is 0.738. The van der Waals surface area contributed by atoms with Gasteiger partial charge >= 0.3 is 5.97 Å². The highest BCUT2D eigenvalue weighted by Crippen LogP contribution is 2.13. The molecule has 86 valence electrons. The van der Waals surface area contributed by atoms with E-state index in [0.29, 0.717) is 5.33 Å². The molecule has 0 aliphatic heterocycles. The monoisotopic (exact) mass is 286 g/mol. The van der Waals surface area contributed by atoms with Crippen LogP contribution in [0.2, 0.25) is 0 Å². The van der Waals surface area contributed by atoms with Gasteiger partial charge in [0.15, 0.2) is 0 Å². The number of allylic oxidation sites excluding steroid dienone is 1. The van der Waals surface area contributed by atoms with Crippen LogP contribution in [0.4, 0.5) is 4.39 Å². The van der Waals surface area contributed by atoms with E-state index in [1.807, 2.05) is 6.08 Å². The Hall–Kier alpha value is -1.16. The van der Waals surface area contributed by atoms with Crippen LogP contribution in [-0.4, -0.2) is 17.9 Å². The molecule has 1 rings (SSSR count). The Morgan fingerprint density at radius 3 is 2.94 bits per heavy atom. The molecule has 2 nitrogen and oxygen atoms in total. The van der Waals surface area contributed by atoms with E-state index in [4.69, 9.17) is 4.74 Å². The maximum Gasteiger partial charge on any atom is 0.341 e. The summed E-state index contributed by atoms with van der Waals surface area (Å²) < 4.78 is 18.1. The Morgan fingerprint density at radius 2 is 2.31 bits per heavy atom. The molecule has 0 radical (unpaired) electrons. The van der Waals surface area contributed by atoms with Crippen LogP contribution in [0.25, 0.3) is 6.08 Å².